The molecule has 0 heterocycles. The Balaban J connectivity index is 2.48. The Morgan fingerprint density at radius 1 is 1.06 bits per heavy atom. The number of carbonyl (C=O) groups is 2. The Labute approximate surface area is 212 Å². The van der Waals surface area contributed by atoms with Gasteiger partial charge in [0.25, 0.3) is 0 Å². The molecule has 1 atom stereocenters. The Bertz CT molecular complexity index is 1130. The monoisotopic (exact) mass is 527 g/mol. The van der Waals surface area contributed by atoms with Crippen molar-refractivity contribution in [2.75, 3.05) is 17.1 Å². The Kier molecular flexibility index (Phi) is 9.39. The van der Waals surface area contributed by atoms with E-state index in [0.717, 1.165) is 10.6 Å². The highest BCUT2D eigenvalue weighted by Crippen LogP contribution is 2.24. The minimum Gasteiger partial charge on any atom is -0.350 e. The largest absolute Gasteiger partial charge is 0.350 e. The van der Waals surface area contributed by atoms with Crippen LogP contribution in [0.4, 0.5) is 5.69 Å². The molecule has 0 radical (unpaired) electrons. The maximum absolute atomic E-state index is 13.6. The summed E-state index contributed by atoms with van der Waals surface area (Å²) in [4.78, 5) is 28.1. The van der Waals surface area contributed by atoms with Gasteiger partial charge < -0.3 is 10.2 Å². The van der Waals surface area contributed by atoms with Crippen molar-refractivity contribution in [3.63, 3.8) is 0 Å². The minimum atomic E-state index is -3.83. The van der Waals surface area contributed by atoms with Gasteiger partial charge in [-0.2, -0.15) is 0 Å². The van der Waals surface area contributed by atoms with Gasteiger partial charge in [0.05, 0.1) is 11.9 Å². The lowest BCUT2D eigenvalue weighted by atomic mass is 10.1. The van der Waals surface area contributed by atoms with Crippen LogP contribution < -0.4 is 9.62 Å². The third kappa shape index (κ3) is 7.89. The second kappa shape index (κ2) is 11.4. The second-order valence-electron chi connectivity index (χ2n) is 9.03. The van der Waals surface area contributed by atoms with E-state index in [2.05, 4.69) is 5.32 Å². The Morgan fingerprint density at radius 3 is 2.24 bits per heavy atom. The topological polar surface area (TPSA) is 86.8 Å². The third-order valence-corrected chi connectivity index (χ3v) is 6.70. The molecule has 0 aromatic heterocycles. The first-order chi connectivity index (χ1) is 15.7. The summed E-state index contributed by atoms with van der Waals surface area (Å²) in [5.41, 5.74) is 0.393. The van der Waals surface area contributed by atoms with E-state index in [9.17, 15) is 18.0 Å². The summed E-state index contributed by atoms with van der Waals surface area (Å²) in [5, 5.41) is 3.69. The van der Waals surface area contributed by atoms with E-state index in [0.29, 0.717) is 22.0 Å². The van der Waals surface area contributed by atoms with Gasteiger partial charge in [-0.15, -0.1) is 0 Å². The van der Waals surface area contributed by atoms with Gasteiger partial charge in [-0.1, -0.05) is 54.4 Å². The summed E-state index contributed by atoms with van der Waals surface area (Å²) in [6.07, 6.45) is 1.34. The predicted molar refractivity (Wildman–Crippen MR) is 138 cm³/mol. The van der Waals surface area contributed by atoms with Gasteiger partial charge in [-0.05, 0) is 57.0 Å². The third-order valence-electron chi connectivity index (χ3n) is 4.96. The molecule has 1 N–H and O–H groups in total. The standard InChI is InChI=1S/C24H31Cl2N3O4S/c1-6-21(23(31)27-24(2,3)4)28(15-17-10-7-8-13-20(17)26)22(30)16-29(34(5,32)33)19-12-9-11-18(25)14-19/h7-14,21H,6,15-16H2,1-5H3,(H,27,31)/t21-/m1/s1. The first kappa shape index (κ1) is 28.0. The van der Waals surface area contributed by atoms with Gasteiger partial charge in [-0.3, -0.25) is 13.9 Å². The number of rotatable bonds is 9. The van der Waals surface area contributed by atoms with Crippen molar-refractivity contribution in [3.05, 3.63) is 64.1 Å². The van der Waals surface area contributed by atoms with Crippen LogP contribution in [0.5, 0.6) is 0 Å². The van der Waals surface area contributed by atoms with Crippen molar-refractivity contribution in [2.45, 2.75) is 52.2 Å². The van der Waals surface area contributed by atoms with Crippen LogP contribution in [0, 0.1) is 0 Å². The number of amides is 2. The zero-order chi connectivity index (χ0) is 25.7. The van der Waals surface area contributed by atoms with Crippen molar-refractivity contribution >= 4 is 50.7 Å². The van der Waals surface area contributed by atoms with Gasteiger partial charge in [0, 0.05) is 22.1 Å². The molecule has 34 heavy (non-hydrogen) atoms. The lowest BCUT2D eigenvalue weighted by molar-refractivity contribution is -0.141. The van der Waals surface area contributed by atoms with Crippen LogP contribution in [0.1, 0.15) is 39.7 Å². The molecule has 0 saturated heterocycles. The molecule has 2 amide bonds. The fourth-order valence-corrected chi connectivity index (χ4v) is 4.65. The molecule has 0 aliphatic heterocycles. The fraction of sp³-hybridized carbons (Fsp3) is 0.417. The molecule has 0 unspecified atom stereocenters. The van der Waals surface area contributed by atoms with Gasteiger partial charge in [-0.25, -0.2) is 8.42 Å². The van der Waals surface area contributed by atoms with Crippen molar-refractivity contribution in [1.82, 2.24) is 10.2 Å². The predicted octanol–water partition coefficient (Wildman–Crippen LogP) is 4.48. The van der Waals surface area contributed by atoms with Crippen LogP contribution in [0.15, 0.2) is 48.5 Å². The van der Waals surface area contributed by atoms with E-state index in [1.54, 1.807) is 49.4 Å². The Morgan fingerprint density at radius 2 is 1.71 bits per heavy atom. The quantitative estimate of drug-likeness (QED) is 0.520. The minimum absolute atomic E-state index is 0.0434. The highest BCUT2D eigenvalue weighted by atomic mass is 35.5. The molecule has 2 aromatic rings. The Hall–Kier alpha value is -2.29. The highest BCUT2D eigenvalue weighted by Gasteiger charge is 2.33. The van der Waals surface area contributed by atoms with Crippen molar-refractivity contribution < 1.29 is 18.0 Å². The molecule has 7 nitrogen and oxygen atoms in total. The van der Waals surface area contributed by atoms with E-state index < -0.39 is 34.1 Å². The van der Waals surface area contributed by atoms with Gasteiger partial charge in [0.2, 0.25) is 21.8 Å². The fourth-order valence-electron chi connectivity index (χ4n) is 3.43. The number of halogens is 2. The number of anilines is 1. The second-order valence-corrected chi connectivity index (χ2v) is 11.8. The molecule has 0 spiro atoms. The van der Waals surface area contributed by atoms with E-state index in [1.165, 1.54) is 11.0 Å². The van der Waals surface area contributed by atoms with E-state index >= 15 is 0 Å². The maximum Gasteiger partial charge on any atom is 0.244 e. The van der Waals surface area contributed by atoms with Gasteiger partial charge in [0.1, 0.15) is 12.6 Å². The van der Waals surface area contributed by atoms with Crippen molar-refractivity contribution in [3.8, 4) is 0 Å². The molecule has 186 valence electrons. The summed E-state index contributed by atoms with van der Waals surface area (Å²) < 4.78 is 26.2. The smallest absolute Gasteiger partial charge is 0.244 e. The van der Waals surface area contributed by atoms with Crippen LogP contribution in [-0.4, -0.2) is 49.5 Å². The lowest BCUT2D eigenvalue weighted by Crippen LogP contribution is -2.55. The van der Waals surface area contributed by atoms with Crippen molar-refractivity contribution in [1.29, 1.82) is 0 Å². The van der Waals surface area contributed by atoms with E-state index in [4.69, 9.17) is 23.2 Å². The summed E-state index contributed by atoms with van der Waals surface area (Å²) in [7, 11) is -3.83. The van der Waals surface area contributed by atoms with Gasteiger partial charge >= 0.3 is 0 Å². The molecule has 0 fully saturated rings. The number of benzene rings is 2. The molecule has 0 bridgehead atoms. The number of hydrogen-bond donors (Lipinski definition) is 1. The molecular formula is C24H31Cl2N3O4S. The molecule has 0 saturated carbocycles. The summed E-state index contributed by atoms with van der Waals surface area (Å²) in [6, 6.07) is 12.4. The van der Waals surface area contributed by atoms with Crippen LogP contribution in [0.2, 0.25) is 10.0 Å². The number of hydrogen-bond acceptors (Lipinski definition) is 4. The number of nitrogens with zero attached hydrogens (tertiary/aromatic N) is 2. The highest BCUT2D eigenvalue weighted by molar-refractivity contribution is 7.92. The molecule has 0 aliphatic carbocycles. The SMILES string of the molecule is CC[C@H](C(=O)NC(C)(C)C)N(Cc1ccccc1Cl)C(=O)CN(c1cccc(Cl)c1)S(C)(=O)=O. The van der Waals surface area contributed by atoms with Crippen LogP contribution in [-0.2, 0) is 26.2 Å². The van der Waals surface area contributed by atoms with Crippen LogP contribution >= 0.6 is 23.2 Å². The van der Waals surface area contributed by atoms with Gasteiger partial charge in [0.15, 0.2) is 0 Å². The number of sulfonamides is 1. The van der Waals surface area contributed by atoms with Crippen LogP contribution in [0.25, 0.3) is 0 Å². The summed E-state index contributed by atoms with van der Waals surface area (Å²) >= 11 is 12.4. The summed E-state index contributed by atoms with van der Waals surface area (Å²) in [6.45, 7) is 6.89. The summed E-state index contributed by atoms with van der Waals surface area (Å²) in [5.74, 6) is -0.870. The number of carbonyl (C=O) groups excluding carboxylic acids is 2. The molecule has 10 heteroatoms. The number of nitrogens with one attached hydrogen (secondary N) is 1. The van der Waals surface area contributed by atoms with E-state index in [1.807, 2.05) is 20.8 Å². The average molecular weight is 529 g/mol. The first-order valence-corrected chi connectivity index (χ1v) is 13.4. The zero-order valence-corrected chi connectivity index (χ0v) is 22.3. The average Bonchev–Trinajstić information content (AvgIpc) is 2.70. The zero-order valence-electron chi connectivity index (χ0n) is 20.0. The molecular weight excluding hydrogens is 497 g/mol. The van der Waals surface area contributed by atoms with E-state index in [-0.39, 0.29) is 18.1 Å². The molecule has 2 aromatic carbocycles. The molecule has 0 aliphatic rings. The molecule has 2 rings (SSSR count). The lowest BCUT2D eigenvalue weighted by Gasteiger charge is -2.34. The maximum atomic E-state index is 13.6. The van der Waals surface area contributed by atoms with Crippen molar-refractivity contribution in [2.24, 2.45) is 0 Å². The first-order valence-electron chi connectivity index (χ1n) is 10.8. The van der Waals surface area contributed by atoms with Crippen LogP contribution in [0.3, 0.4) is 0 Å². The normalized spacial score (nSPS) is 12.7.